The highest BCUT2D eigenvalue weighted by Gasteiger charge is 2.02. The van der Waals surface area contributed by atoms with Crippen LogP contribution < -0.4 is 10.7 Å². The molecule has 2 N–H and O–H groups in total. The lowest BCUT2D eigenvalue weighted by molar-refractivity contribution is 0.179. The third-order valence-electron chi connectivity index (χ3n) is 2.80. The first-order valence-electron chi connectivity index (χ1n) is 6.87. The van der Waals surface area contributed by atoms with Crippen LogP contribution in [0.25, 0.3) is 5.69 Å². The maximum absolute atomic E-state index is 5.13. The third-order valence-corrected chi connectivity index (χ3v) is 3.01. The average Bonchev–Trinajstić information content (AvgIpc) is 2.97. The number of hydrazone groups is 1. The highest BCUT2D eigenvalue weighted by Crippen LogP contribution is 2.06. The molecule has 0 saturated carbocycles. The highest BCUT2D eigenvalue weighted by atomic mass is 32.1. The average molecular weight is 317 g/mol. The summed E-state index contributed by atoms with van der Waals surface area (Å²) in [6.07, 6.45) is 5.30. The summed E-state index contributed by atoms with van der Waals surface area (Å²) < 4.78 is 6.81. The fourth-order valence-corrected chi connectivity index (χ4v) is 2.09. The first-order chi connectivity index (χ1) is 10.7. The zero-order valence-electron chi connectivity index (χ0n) is 12.6. The number of thiocarbonyl (C=S) groups is 1. The van der Waals surface area contributed by atoms with E-state index in [9.17, 15) is 0 Å². The number of hydrogen-bond donors (Lipinski definition) is 2. The number of rotatable bonds is 6. The molecule has 1 atom stereocenters. The van der Waals surface area contributed by atoms with E-state index < -0.39 is 0 Å². The molecule has 0 amide bonds. The van der Waals surface area contributed by atoms with Crippen molar-refractivity contribution in [1.29, 1.82) is 0 Å². The molecule has 7 heteroatoms. The second-order valence-corrected chi connectivity index (χ2v) is 5.16. The number of ether oxygens (including phenoxy) is 1. The van der Waals surface area contributed by atoms with Crippen LogP contribution in [0.3, 0.4) is 0 Å². The Morgan fingerprint density at radius 1 is 1.45 bits per heavy atom. The number of nitrogens with one attached hydrogen (secondary N) is 2. The fourth-order valence-electron chi connectivity index (χ4n) is 1.84. The summed E-state index contributed by atoms with van der Waals surface area (Å²) in [5.41, 5.74) is 4.65. The van der Waals surface area contributed by atoms with Crippen LogP contribution in [0.4, 0.5) is 0 Å². The van der Waals surface area contributed by atoms with Crippen molar-refractivity contribution in [3.63, 3.8) is 0 Å². The van der Waals surface area contributed by atoms with Gasteiger partial charge in [0.15, 0.2) is 5.11 Å². The second-order valence-electron chi connectivity index (χ2n) is 4.75. The Kier molecular flexibility index (Phi) is 6.05. The Bertz CT molecular complexity index is 626. The van der Waals surface area contributed by atoms with E-state index in [-0.39, 0.29) is 6.04 Å². The predicted octanol–water partition coefficient (Wildman–Crippen LogP) is 1.71. The van der Waals surface area contributed by atoms with E-state index in [2.05, 4.69) is 20.9 Å². The summed E-state index contributed by atoms with van der Waals surface area (Å²) in [6.45, 7) is 2.56. The molecule has 1 aromatic carbocycles. The minimum atomic E-state index is 0.126. The predicted molar refractivity (Wildman–Crippen MR) is 91.4 cm³/mol. The zero-order chi connectivity index (χ0) is 15.8. The van der Waals surface area contributed by atoms with E-state index in [0.29, 0.717) is 11.7 Å². The van der Waals surface area contributed by atoms with Crippen molar-refractivity contribution in [2.24, 2.45) is 5.10 Å². The number of benzene rings is 1. The summed E-state index contributed by atoms with van der Waals surface area (Å²) in [5.74, 6) is 0. The van der Waals surface area contributed by atoms with Gasteiger partial charge in [0.1, 0.15) is 0 Å². The van der Waals surface area contributed by atoms with Crippen LogP contribution in [0, 0.1) is 0 Å². The fraction of sp³-hybridized carbons (Fsp3) is 0.267. The molecule has 0 aliphatic heterocycles. The summed E-state index contributed by atoms with van der Waals surface area (Å²) in [5, 5.41) is 11.9. The number of methoxy groups -OCH3 is 1. The lowest BCUT2D eigenvalue weighted by atomic mass is 10.3. The van der Waals surface area contributed by atoms with Crippen molar-refractivity contribution >= 4 is 23.5 Å². The van der Waals surface area contributed by atoms with Crippen molar-refractivity contribution in [1.82, 2.24) is 20.5 Å². The molecule has 1 aromatic heterocycles. The molecule has 0 spiro atoms. The standard InChI is InChI=1S/C15H19N5OS/c1-12(11-21-2)18-15(22)19-16-8-13-9-17-20(10-13)14-6-4-3-5-7-14/h3-10,12H,11H2,1-2H3,(H2,18,19,22)/b16-8-/t12-/m0/s1. The van der Waals surface area contributed by atoms with E-state index in [1.165, 1.54) is 0 Å². The largest absolute Gasteiger partial charge is 0.383 e. The minimum Gasteiger partial charge on any atom is -0.383 e. The van der Waals surface area contributed by atoms with Gasteiger partial charge in [0, 0.05) is 24.9 Å². The SMILES string of the molecule is COC[C@H](C)NC(=S)N/N=C\c1cnn(-c2ccccc2)c1. The summed E-state index contributed by atoms with van der Waals surface area (Å²) in [7, 11) is 1.65. The van der Waals surface area contributed by atoms with E-state index in [4.69, 9.17) is 17.0 Å². The van der Waals surface area contributed by atoms with Gasteiger partial charge in [0.25, 0.3) is 0 Å². The molecular weight excluding hydrogens is 298 g/mol. The first kappa shape index (κ1) is 16.1. The summed E-state index contributed by atoms with van der Waals surface area (Å²) in [4.78, 5) is 0. The van der Waals surface area contributed by atoms with Crippen LogP contribution in [0.2, 0.25) is 0 Å². The van der Waals surface area contributed by atoms with E-state index in [1.54, 1.807) is 24.2 Å². The Morgan fingerprint density at radius 3 is 2.95 bits per heavy atom. The van der Waals surface area contributed by atoms with Crippen LogP contribution in [-0.4, -0.2) is 40.9 Å². The molecule has 0 aliphatic carbocycles. The molecule has 0 bridgehead atoms. The molecule has 0 aliphatic rings. The van der Waals surface area contributed by atoms with Crippen molar-refractivity contribution in [2.75, 3.05) is 13.7 Å². The van der Waals surface area contributed by atoms with Crippen molar-refractivity contribution < 1.29 is 4.74 Å². The molecule has 0 saturated heterocycles. The normalized spacial score (nSPS) is 12.3. The Hall–Kier alpha value is -2.25. The quantitative estimate of drug-likeness (QED) is 0.482. The molecule has 1 heterocycles. The van der Waals surface area contributed by atoms with Crippen molar-refractivity contribution in [2.45, 2.75) is 13.0 Å². The van der Waals surface area contributed by atoms with E-state index in [1.807, 2.05) is 43.5 Å². The van der Waals surface area contributed by atoms with Gasteiger partial charge in [-0.1, -0.05) is 18.2 Å². The summed E-state index contributed by atoms with van der Waals surface area (Å²) in [6, 6.07) is 10.0. The van der Waals surface area contributed by atoms with Gasteiger partial charge < -0.3 is 10.1 Å². The van der Waals surface area contributed by atoms with Gasteiger partial charge in [-0.25, -0.2) is 4.68 Å². The Labute approximate surface area is 135 Å². The number of para-hydroxylation sites is 1. The molecule has 0 fully saturated rings. The topological polar surface area (TPSA) is 63.5 Å². The van der Waals surface area contributed by atoms with Crippen molar-refractivity contribution in [3.8, 4) is 5.69 Å². The van der Waals surface area contributed by atoms with Crippen LogP contribution in [0.1, 0.15) is 12.5 Å². The Balaban J connectivity index is 1.86. The maximum atomic E-state index is 5.13. The highest BCUT2D eigenvalue weighted by molar-refractivity contribution is 7.80. The molecular formula is C15H19N5OS. The zero-order valence-corrected chi connectivity index (χ0v) is 13.4. The smallest absolute Gasteiger partial charge is 0.187 e. The van der Waals surface area contributed by atoms with Gasteiger partial charge in [-0.3, -0.25) is 5.43 Å². The van der Waals surface area contributed by atoms with Crippen LogP contribution >= 0.6 is 12.2 Å². The van der Waals surface area contributed by atoms with Crippen LogP contribution in [0.15, 0.2) is 47.8 Å². The molecule has 116 valence electrons. The minimum absolute atomic E-state index is 0.126. The van der Waals surface area contributed by atoms with E-state index in [0.717, 1.165) is 11.3 Å². The molecule has 0 radical (unpaired) electrons. The monoisotopic (exact) mass is 317 g/mol. The van der Waals surface area contributed by atoms with Gasteiger partial charge in [-0.05, 0) is 31.3 Å². The third kappa shape index (κ3) is 4.94. The molecule has 6 nitrogen and oxygen atoms in total. The number of nitrogens with zero attached hydrogens (tertiary/aromatic N) is 3. The number of hydrogen-bond acceptors (Lipinski definition) is 4. The lowest BCUT2D eigenvalue weighted by Crippen LogP contribution is -2.40. The Morgan fingerprint density at radius 2 is 2.23 bits per heavy atom. The molecule has 0 unspecified atom stereocenters. The number of aromatic nitrogens is 2. The van der Waals surface area contributed by atoms with Gasteiger partial charge in [0.2, 0.25) is 0 Å². The maximum Gasteiger partial charge on any atom is 0.187 e. The first-order valence-corrected chi connectivity index (χ1v) is 7.28. The molecule has 2 aromatic rings. The van der Waals surface area contributed by atoms with Gasteiger partial charge in [-0.15, -0.1) is 0 Å². The van der Waals surface area contributed by atoms with Crippen molar-refractivity contribution in [3.05, 3.63) is 48.3 Å². The van der Waals surface area contributed by atoms with E-state index >= 15 is 0 Å². The molecule has 22 heavy (non-hydrogen) atoms. The van der Waals surface area contributed by atoms with Crippen LogP contribution in [-0.2, 0) is 4.74 Å². The van der Waals surface area contributed by atoms with Gasteiger partial charge in [-0.2, -0.15) is 10.2 Å². The van der Waals surface area contributed by atoms with Gasteiger partial charge >= 0.3 is 0 Å². The summed E-state index contributed by atoms with van der Waals surface area (Å²) >= 11 is 5.13. The molecule has 2 rings (SSSR count). The lowest BCUT2D eigenvalue weighted by Gasteiger charge is -2.13. The van der Waals surface area contributed by atoms with Gasteiger partial charge in [0.05, 0.1) is 24.7 Å². The second kappa shape index (κ2) is 8.26. The van der Waals surface area contributed by atoms with Crippen LogP contribution in [0.5, 0.6) is 0 Å².